The summed E-state index contributed by atoms with van der Waals surface area (Å²) in [6.07, 6.45) is -0.492. The molecule has 0 aromatic carbocycles. The lowest BCUT2D eigenvalue weighted by molar-refractivity contribution is -0.0615. The van der Waals surface area contributed by atoms with Crippen LogP contribution < -0.4 is 11.6 Å². The molecule has 1 aromatic heterocycles. The number of nitrogens with two attached hydrogens (primary N) is 2. The average Bonchev–Trinajstić information content (AvgIpc) is 2.89. The molecule has 0 aliphatic carbocycles. The van der Waals surface area contributed by atoms with Gasteiger partial charge in [-0.2, -0.15) is 18.3 Å². The van der Waals surface area contributed by atoms with Crippen LogP contribution in [0.4, 0.5) is 13.2 Å². The zero-order valence-electron chi connectivity index (χ0n) is 12.1. The Kier molecular flexibility index (Phi) is 5.24. The van der Waals surface area contributed by atoms with Gasteiger partial charge in [0.15, 0.2) is 6.29 Å². The summed E-state index contributed by atoms with van der Waals surface area (Å²) in [7, 11) is 0. The first kappa shape index (κ1) is 17.9. The minimum atomic E-state index is -4.79. The third-order valence-electron chi connectivity index (χ3n) is 2.91. The van der Waals surface area contributed by atoms with Gasteiger partial charge >= 0.3 is 6.18 Å². The summed E-state index contributed by atoms with van der Waals surface area (Å²) in [5, 5.41) is 7.08. The predicted molar refractivity (Wildman–Crippen MR) is 81.3 cm³/mol. The number of aliphatic imine (C=N–C) groups is 1. The molecule has 1 aliphatic heterocycles. The molecule has 1 aliphatic rings. The van der Waals surface area contributed by atoms with Crippen LogP contribution in [-0.2, 0) is 6.54 Å². The fourth-order valence-corrected chi connectivity index (χ4v) is 2.12. The highest BCUT2D eigenvalue weighted by atomic mass is 35.5. The van der Waals surface area contributed by atoms with Gasteiger partial charge in [-0.25, -0.2) is 20.6 Å². The van der Waals surface area contributed by atoms with Crippen LogP contribution in [0.15, 0.2) is 28.4 Å². The number of hydrazone groups is 1. The number of rotatable bonds is 4. The Morgan fingerprint density at radius 1 is 1.58 bits per heavy atom. The van der Waals surface area contributed by atoms with Crippen molar-refractivity contribution in [2.45, 2.75) is 24.5 Å². The summed E-state index contributed by atoms with van der Waals surface area (Å²) < 4.78 is 38.2. The molecule has 2 heterocycles. The second-order valence-electron chi connectivity index (χ2n) is 4.75. The van der Waals surface area contributed by atoms with Crippen LogP contribution in [-0.4, -0.2) is 44.4 Å². The largest absolute Gasteiger partial charge is 0.450 e. The van der Waals surface area contributed by atoms with Crippen LogP contribution in [0.25, 0.3) is 0 Å². The second-order valence-corrected chi connectivity index (χ2v) is 5.27. The van der Waals surface area contributed by atoms with Crippen LogP contribution in [0.3, 0.4) is 0 Å². The van der Waals surface area contributed by atoms with Crippen molar-refractivity contribution in [1.29, 1.82) is 0 Å². The van der Waals surface area contributed by atoms with Crippen molar-refractivity contribution in [1.82, 2.24) is 14.9 Å². The van der Waals surface area contributed by atoms with Crippen LogP contribution >= 0.6 is 11.6 Å². The molecule has 1 aromatic rings. The van der Waals surface area contributed by atoms with Gasteiger partial charge in [-0.1, -0.05) is 6.08 Å². The standard InChI is InChI=1S/C12H13ClF3N7O/c13-9-2-1-3-19-10(9)23-8(6-24)4-7(20-23)5-22(18)21-11(17)12(14,15)16/h1,3-4,6,9H,2,5,18H2,(H2,17,21). The predicted octanol–water partition coefficient (Wildman–Crippen LogP) is 0.977. The first-order chi connectivity index (χ1) is 11.2. The Bertz CT molecular complexity index is 710. The van der Waals surface area contributed by atoms with Crippen LogP contribution in [0.5, 0.6) is 0 Å². The molecule has 0 saturated carbocycles. The Morgan fingerprint density at radius 2 is 2.29 bits per heavy atom. The van der Waals surface area contributed by atoms with Gasteiger partial charge in [0, 0.05) is 6.20 Å². The molecule has 4 N–H and O–H groups in total. The molecule has 0 saturated heterocycles. The van der Waals surface area contributed by atoms with E-state index in [0.29, 0.717) is 23.7 Å². The van der Waals surface area contributed by atoms with Crippen LogP contribution in [0.1, 0.15) is 22.6 Å². The molecule has 1 atom stereocenters. The summed E-state index contributed by atoms with van der Waals surface area (Å²) in [5.74, 6) is 4.10. The van der Waals surface area contributed by atoms with Crippen molar-refractivity contribution < 1.29 is 18.0 Å². The SMILES string of the molecule is N/C(=N\N(N)Cc1cc(C=O)n(C2=NC=CCC2Cl)n1)C(F)(F)F. The minimum absolute atomic E-state index is 0.130. The number of aromatic nitrogens is 2. The number of nitrogens with zero attached hydrogens (tertiary/aromatic N) is 5. The van der Waals surface area contributed by atoms with Gasteiger partial charge in [-0.15, -0.1) is 16.7 Å². The molecule has 130 valence electrons. The fraction of sp³-hybridized carbons (Fsp3) is 0.333. The first-order valence-corrected chi connectivity index (χ1v) is 7.00. The van der Waals surface area contributed by atoms with E-state index in [1.54, 1.807) is 6.08 Å². The van der Waals surface area contributed by atoms with Gasteiger partial charge in [-0.05, 0) is 12.5 Å². The second kappa shape index (κ2) is 7.01. The van der Waals surface area contributed by atoms with Crippen molar-refractivity contribution in [3.05, 3.63) is 29.7 Å². The number of hydrogen-bond donors (Lipinski definition) is 2. The lowest BCUT2D eigenvalue weighted by Crippen LogP contribution is -2.36. The van der Waals surface area contributed by atoms with E-state index >= 15 is 0 Å². The maximum atomic E-state index is 12.3. The van der Waals surface area contributed by atoms with Gasteiger partial charge in [0.05, 0.1) is 17.6 Å². The van der Waals surface area contributed by atoms with E-state index in [1.807, 2.05) is 0 Å². The molecule has 0 amide bonds. The molecule has 0 spiro atoms. The van der Waals surface area contributed by atoms with Gasteiger partial charge in [-0.3, -0.25) is 4.79 Å². The number of aldehydes is 1. The monoisotopic (exact) mass is 363 g/mol. The third kappa shape index (κ3) is 4.11. The lowest BCUT2D eigenvalue weighted by Gasteiger charge is -2.15. The molecule has 0 fully saturated rings. The Hall–Kier alpha value is -2.40. The zero-order chi connectivity index (χ0) is 17.9. The molecular formula is C12H13ClF3N7O. The Balaban J connectivity index is 2.23. The highest BCUT2D eigenvalue weighted by Gasteiger charge is 2.34. The topological polar surface area (TPSA) is 115 Å². The van der Waals surface area contributed by atoms with Crippen molar-refractivity contribution in [3.63, 3.8) is 0 Å². The number of amidine groups is 1. The normalized spacial score (nSPS) is 18.5. The average molecular weight is 364 g/mol. The van der Waals surface area contributed by atoms with Crippen molar-refractivity contribution in [3.8, 4) is 0 Å². The van der Waals surface area contributed by atoms with Crippen molar-refractivity contribution >= 4 is 29.6 Å². The lowest BCUT2D eigenvalue weighted by atomic mass is 10.2. The maximum absolute atomic E-state index is 12.3. The number of halogens is 4. The van der Waals surface area contributed by atoms with Gasteiger partial charge in [0.2, 0.25) is 5.84 Å². The number of hydrogen-bond acceptors (Lipinski definition) is 6. The fourth-order valence-electron chi connectivity index (χ4n) is 1.87. The van der Waals surface area contributed by atoms with E-state index in [1.165, 1.54) is 16.9 Å². The summed E-state index contributed by atoms with van der Waals surface area (Å²) in [4.78, 5) is 15.2. The Morgan fingerprint density at radius 3 is 2.88 bits per heavy atom. The minimum Gasteiger partial charge on any atom is -0.378 e. The van der Waals surface area contributed by atoms with E-state index in [9.17, 15) is 18.0 Å². The van der Waals surface area contributed by atoms with E-state index < -0.39 is 17.4 Å². The summed E-state index contributed by atoms with van der Waals surface area (Å²) >= 11 is 6.12. The summed E-state index contributed by atoms with van der Waals surface area (Å²) in [6.45, 7) is -0.305. The number of carbonyl (C=O) groups excluding carboxylic acids is 1. The number of allylic oxidation sites excluding steroid dienone is 1. The number of hydrazine groups is 1. The van der Waals surface area contributed by atoms with E-state index in [4.69, 9.17) is 23.2 Å². The van der Waals surface area contributed by atoms with Crippen LogP contribution in [0.2, 0.25) is 0 Å². The van der Waals surface area contributed by atoms with Crippen molar-refractivity contribution in [2.75, 3.05) is 0 Å². The summed E-state index contributed by atoms with van der Waals surface area (Å²) in [6, 6.07) is 1.34. The van der Waals surface area contributed by atoms with E-state index in [-0.39, 0.29) is 17.9 Å². The zero-order valence-corrected chi connectivity index (χ0v) is 12.9. The van der Waals surface area contributed by atoms with Crippen molar-refractivity contribution in [2.24, 2.45) is 21.7 Å². The third-order valence-corrected chi connectivity index (χ3v) is 3.28. The molecule has 24 heavy (non-hydrogen) atoms. The van der Waals surface area contributed by atoms with Gasteiger partial charge < -0.3 is 5.73 Å². The maximum Gasteiger partial charge on any atom is 0.450 e. The highest BCUT2D eigenvalue weighted by molar-refractivity contribution is 6.32. The van der Waals surface area contributed by atoms with Gasteiger partial charge in [0.1, 0.15) is 11.5 Å². The molecule has 2 rings (SSSR count). The van der Waals surface area contributed by atoms with E-state index in [0.717, 1.165) is 0 Å². The Labute approximate surface area is 139 Å². The smallest absolute Gasteiger partial charge is 0.378 e. The number of carbonyl (C=O) groups is 1. The first-order valence-electron chi connectivity index (χ1n) is 6.57. The molecule has 12 heteroatoms. The van der Waals surface area contributed by atoms with Gasteiger partial charge in [0.25, 0.3) is 0 Å². The number of alkyl halides is 4. The molecular weight excluding hydrogens is 351 g/mol. The molecule has 0 radical (unpaired) electrons. The quantitative estimate of drug-likeness (QED) is 0.207. The van der Waals surface area contributed by atoms with Crippen LogP contribution in [0, 0.1) is 0 Å². The van der Waals surface area contributed by atoms with E-state index in [2.05, 4.69) is 15.2 Å². The highest BCUT2D eigenvalue weighted by Crippen LogP contribution is 2.16. The summed E-state index contributed by atoms with van der Waals surface area (Å²) in [5.41, 5.74) is 5.10. The molecule has 1 unspecified atom stereocenters. The molecule has 8 nitrogen and oxygen atoms in total. The molecule has 0 bridgehead atoms.